The first kappa shape index (κ1) is 26.8. The molecule has 1 saturated carbocycles. The molecule has 0 spiro atoms. The van der Waals surface area contributed by atoms with Crippen LogP contribution in [0.4, 0.5) is 22.2 Å². The normalized spacial score (nSPS) is 11.2. The van der Waals surface area contributed by atoms with E-state index in [2.05, 4.69) is 21.8 Å². The molecule has 2 amide bonds. The number of methoxy groups -OCH3 is 2. The van der Waals surface area contributed by atoms with E-state index in [0.29, 0.717) is 39.5 Å². The Morgan fingerprint density at radius 3 is 2.38 bits per heavy atom. The lowest BCUT2D eigenvalue weighted by Crippen LogP contribution is -2.33. The number of aromatic nitrogens is 2. The molecule has 0 bridgehead atoms. The molecular formula is C27H29N5O5. The quantitative estimate of drug-likeness (QED) is 0.440. The summed E-state index contributed by atoms with van der Waals surface area (Å²) in [6.45, 7) is 1.17. The average Bonchev–Trinajstić information content (AvgIpc) is 3.74. The van der Waals surface area contributed by atoms with Crippen molar-refractivity contribution in [3.05, 3.63) is 64.8 Å². The van der Waals surface area contributed by atoms with E-state index in [1.807, 2.05) is 6.07 Å². The Morgan fingerprint density at radius 1 is 1.08 bits per heavy atom. The third kappa shape index (κ3) is 7.35. The lowest BCUT2D eigenvalue weighted by atomic mass is 10.0. The molecule has 4 rings (SSSR count). The van der Waals surface area contributed by atoms with E-state index >= 15 is 0 Å². The van der Waals surface area contributed by atoms with Gasteiger partial charge in [-0.15, -0.1) is 0 Å². The predicted octanol–water partition coefficient (Wildman–Crippen LogP) is 3.85. The summed E-state index contributed by atoms with van der Waals surface area (Å²) in [4.78, 5) is 31.8. The third-order valence-corrected chi connectivity index (χ3v) is 5.16. The second kappa shape index (κ2) is 12.3. The van der Waals surface area contributed by atoms with Gasteiger partial charge in [0.05, 0.1) is 25.5 Å². The van der Waals surface area contributed by atoms with Crippen molar-refractivity contribution in [2.45, 2.75) is 32.6 Å². The minimum Gasteiger partial charge on any atom is -0.493 e. The van der Waals surface area contributed by atoms with Gasteiger partial charge < -0.3 is 26.0 Å². The summed E-state index contributed by atoms with van der Waals surface area (Å²) in [5.74, 6) is 6.69. The van der Waals surface area contributed by atoms with E-state index in [1.54, 1.807) is 24.4 Å². The summed E-state index contributed by atoms with van der Waals surface area (Å²) in [6.07, 6.45) is 5.10. The molecular weight excluding hydrogens is 474 g/mol. The van der Waals surface area contributed by atoms with Gasteiger partial charge in [0.2, 0.25) is 11.9 Å². The topological polar surface area (TPSA) is 154 Å². The Labute approximate surface area is 215 Å². The number of carbonyl (C=O) groups is 2. The number of carbonyl (C=O) groups excluding carboxylic acids is 1. The molecule has 0 atom stereocenters. The number of rotatable bonds is 5. The number of benzene rings is 2. The van der Waals surface area contributed by atoms with Crippen LogP contribution in [-0.4, -0.2) is 41.3 Å². The van der Waals surface area contributed by atoms with Crippen molar-refractivity contribution in [2.75, 3.05) is 30.6 Å². The minimum absolute atomic E-state index is 0.0913. The zero-order chi connectivity index (χ0) is 26.9. The molecule has 1 aromatic heterocycles. The van der Waals surface area contributed by atoms with E-state index in [0.717, 1.165) is 5.56 Å². The smallest absolute Gasteiger partial charge is 0.418 e. The molecule has 0 unspecified atom stereocenters. The highest BCUT2D eigenvalue weighted by Gasteiger charge is 2.19. The Morgan fingerprint density at radius 2 is 1.81 bits per heavy atom. The van der Waals surface area contributed by atoms with Gasteiger partial charge in [0.1, 0.15) is 5.82 Å². The standard InChI is InChI=1S/C24H23N5O5.C3H6/c1-14(30)29(24(31)32)19-6-4-5-15(11-19)7-8-17-9-16(12-20(33-2)21(17)34-3)10-18-13-27-23(26)28-22(18)25;1-2-3-1/h4-6,9,11-13H,10H2,1-3H3,(H,31,32)(H4,25,26,27,28);1-3H2. The zero-order valence-corrected chi connectivity index (χ0v) is 20.9. The summed E-state index contributed by atoms with van der Waals surface area (Å²) in [5.41, 5.74) is 14.3. The zero-order valence-electron chi connectivity index (χ0n) is 20.9. The number of carboxylic acid groups (broad SMARTS) is 1. The van der Waals surface area contributed by atoms with E-state index in [1.165, 1.54) is 52.5 Å². The van der Waals surface area contributed by atoms with Gasteiger partial charge in [0.25, 0.3) is 0 Å². The molecule has 10 nitrogen and oxygen atoms in total. The van der Waals surface area contributed by atoms with Crippen molar-refractivity contribution in [1.82, 2.24) is 9.97 Å². The van der Waals surface area contributed by atoms with Crippen molar-refractivity contribution in [2.24, 2.45) is 0 Å². The Bertz CT molecular complexity index is 1340. The number of ether oxygens (including phenoxy) is 2. The van der Waals surface area contributed by atoms with Gasteiger partial charge in [-0.2, -0.15) is 4.98 Å². The van der Waals surface area contributed by atoms with Crippen LogP contribution in [0, 0.1) is 11.8 Å². The second-order valence-electron chi connectivity index (χ2n) is 8.19. The maximum absolute atomic E-state index is 11.7. The van der Waals surface area contributed by atoms with Gasteiger partial charge in [-0.3, -0.25) is 4.79 Å². The van der Waals surface area contributed by atoms with Crippen molar-refractivity contribution in [3.8, 4) is 23.3 Å². The molecule has 2 aromatic carbocycles. The van der Waals surface area contributed by atoms with Gasteiger partial charge in [-0.1, -0.05) is 37.2 Å². The summed E-state index contributed by atoms with van der Waals surface area (Å²) >= 11 is 0. The van der Waals surface area contributed by atoms with Gasteiger partial charge in [-0.05, 0) is 35.9 Å². The molecule has 1 aliphatic carbocycles. The first-order chi connectivity index (χ1) is 17.7. The number of hydrogen-bond acceptors (Lipinski definition) is 8. The second-order valence-corrected chi connectivity index (χ2v) is 8.19. The molecule has 0 saturated heterocycles. The Hall–Kier alpha value is -4.78. The van der Waals surface area contributed by atoms with Crippen LogP contribution in [0.1, 0.15) is 48.4 Å². The van der Waals surface area contributed by atoms with Gasteiger partial charge in [0, 0.05) is 30.7 Å². The Kier molecular flexibility index (Phi) is 8.89. The first-order valence-corrected chi connectivity index (χ1v) is 11.5. The Balaban J connectivity index is 0.00000118. The maximum atomic E-state index is 11.7. The van der Waals surface area contributed by atoms with E-state index < -0.39 is 12.0 Å². The predicted molar refractivity (Wildman–Crippen MR) is 141 cm³/mol. The molecule has 1 aliphatic rings. The van der Waals surface area contributed by atoms with Crippen molar-refractivity contribution >= 4 is 29.5 Å². The van der Waals surface area contributed by atoms with Crippen LogP contribution in [0.5, 0.6) is 11.5 Å². The number of nitrogens with zero attached hydrogens (tertiary/aromatic N) is 3. The molecule has 0 aliphatic heterocycles. The lowest BCUT2D eigenvalue weighted by Gasteiger charge is -2.15. The molecule has 10 heteroatoms. The van der Waals surface area contributed by atoms with Crippen molar-refractivity contribution < 1.29 is 24.2 Å². The van der Waals surface area contributed by atoms with Gasteiger partial charge in [-0.25, -0.2) is 14.7 Å². The summed E-state index contributed by atoms with van der Waals surface area (Å²) in [6, 6.07) is 9.99. The van der Waals surface area contributed by atoms with Crippen LogP contribution in [0.2, 0.25) is 0 Å². The number of nitrogen functional groups attached to an aromatic ring is 2. The van der Waals surface area contributed by atoms with Crippen LogP contribution < -0.4 is 25.8 Å². The fraction of sp³-hybridized carbons (Fsp3) is 0.259. The molecule has 3 aromatic rings. The highest BCUT2D eigenvalue weighted by molar-refractivity contribution is 6.10. The van der Waals surface area contributed by atoms with Gasteiger partial charge in [0.15, 0.2) is 11.5 Å². The van der Waals surface area contributed by atoms with E-state index in [-0.39, 0.29) is 17.5 Å². The summed E-state index contributed by atoms with van der Waals surface area (Å²) in [7, 11) is 3.03. The monoisotopic (exact) mass is 503 g/mol. The molecule has 37 heavy (non-hydrogen) atoms. The number of imide groups is 1. The molecule has 0 radical (unpaired) electrons. The van der Waals surface area contributed by atoms with Crippen LogP contribution in [0.25, 0.3) is 0 Å². The SMILES string of the molecule is C1CC1.COc1cc(Cc2cnc(N)nc2N)cc(C#Cc2cccc(N(C(C)=O)C(=O)O)c2)c1OC. The van der Waals surface area contributed by atoms with Crippen molar-refractivity contribution in [3.63, 3.8) is 0 Å². The highest BCUT2D eigenvalue weighted by Crippen LogP contribution is 2.33. The number of anilines is 3. The maximum Gasteiger partial charge on any atom is 0.418 e. The fourth-order valence-electron chi connectivity index (χ4n) is 3.30. The van der Waals surface area contributed by atoms with Crippen molar-refractivity contribution in [1.29, 1.82) is 0 Å². The molecule has 5 N–H and O–H groups in total. The highest BCUT2D eigenvalue weighted by atomic mass is 16.5. The minimum atomic E-state index is -1.37. The number of amides is 2. The van der Waals surface area contributed by atoms with Crippen LogP contribution >= 0.6 is 0 Å². The van der Waals surface area contributed by atoms with E-state index in [4.69, 9.17) is 20.9 Å². The summed E-state index contributed by atoms with van der Waals surface area (Å²) in [5, 5.41) is 9.32. The lowest BCUT2D eigenvalue weighted by molar-refractivity contribution is -0.116. The number of hydrogen-bond donors (Lipinski definition) is 3. The third-order valence-electron chi connectivity index (χ3n) is 5.16. The van der Waals surface area contributed by atoms with Crippen LogP contribution in [0.3, 0.4) is 0 Å². The van der Waals surface area contributed by atoms with E-state index in [9.17, 15) is 14.7 Å². The largest absolute Gasteiger partial charge is 0.493 e. The van der Waals surface area contributed by atoms with Gasteiger partial charge >= 0.3 is 6.09 Å². The van der Waals surface area contributed by atoms with Crippen LogP contribution in [0.15, 0.2) is 42.6 Å². The molecule has 1 fully saturated rings. The first-order valence-electron chi connectivity index (χ1n) is 11.5. The number of nitrogens with two attached hydrogens (primary N) is 2. The molecule has 192 valence electrons. The fourth-order valence-corrected chi connectivity index (χ4v) is 3.30. The average molecular weight is 504 g/mol. The molecule has 1 heterocycles. The van der Waals surface area contributed by atoms with Crippen LogP contribution in [-0.2, 0) is 11.2 Å². The summed E-state index contributed by atoms with van der Waals surface area (Å²) < 4.78 is 11.0.